The van der Waals surface area contributed by atoms with Gasteiger partial charge < -0.3 is 4.74 Å². The van der Waals surface area contributed by atoms with Crippen molar-refractivity contribution in [3.05, 3.63) is 6.61 Å². The van der Waals surface area contributed by atoms with Crippen LogP contribution in [0.15, 0.2) is 0 Å². The van der Waals surface area contributed by atoms with E-state index in [4.69, 9.17) is 4.74 Å². The van der Waals surface area contributed by atoms with E-state index < -0.39 is 19.5 Å². The van der Waals surface area contributed by atoms with Gasteiger partial charge in [0.15, 0.2) is 0 Å². The summed E-state index contributed by atoms with van der Waals surface area (Å²) in [4.78, 5) is 0. The highest BCUT2D eigenvalue weighted by atomic mass is 19.1. The highest BCUT2D eigenvalue weighted by Gasteiger charge is 2.06. The first-order valence-corrected chi connectivity index (χ1v) is 3.44. The molecule has 0 fully saturated rings. The highest BCUT2D eigenvalue weighted by Crippen LogP contribution is 2.01. The molecule has 61 valence electrons. The molecule has 0 saturated carbocycles. The van der Waals surface area contributed by atoms with Crippen LogP contribution in [0.5, 0.6) is 0 Å². The SMILES string of the molecule is CCC[CH]OC(CF)CF. The van der Waals surface area contributed by atoms with Crippen LogP contribution in [0.1, 0.15) is 19.8 Å². The van der Waals surface area contributed by atoms with Crippen molar-refractivity contribution >= 4 is 0 Å². The second kappa shape index (κ2) is 6.93. The summed E-state index contributed by atoms with van der Waals surface area (Å²) in [7, 11) is 0. The molecule has 1 nitrogen and oxygen atoms in total. The van der Waals surface area contributed by atoms with Gasteiger partial charge in [-0.1, -0.05) is 13.3 Å². The predicted octanol–water partition coefficient (Wildman–Crippen LogP) is 2.27. The number of hydrogen-bond donors (Lipinski definition) is 0. The summed E-state index contributed by atoms with van der Waals surface area (Å²) in [5.74, 6) is 0. The maximum atomic E-state index is 11.7. The van der Waals surface area contributed by atoms with Crippen molar-refractivity contribution in [1.82, 2.24) is 0 Å². The highest BCUT2D eigenvalue weighted by molar-refractivity contribution is 4.57. The summed E-state index contributed by atoms with van der Waals surface area (Å²) >= 11 is 0. The molecule has 0 bridgehead atoms. The average Bonchev–Trinajstić information content (AvgIpc) is 1.99. The van der Waals surface area contributed by atoms with Gasteiger partial charge in [0.25, 0.3) is 0 Å². The van der Waals surface area contributed by atoms with Crippen LogP contribution < -0.4 is 0 Å². The van der Waals surface area contributed by atoms with Crippen LogP contribution in [0, 0.1) is 6.61 Å². The minimum Gasteiger partial charge on any atom is -0.367 e. The molecule has 0 unspecified atom stereocenters. The number of ether oxygens (including phenoxy) is 1. The lowest BCUT2D eigenvalue weighted by Gasteiger charge is -2.08. The number of unbranched alkanes of at least 4 members (excludes halogenated alkanes) is 1. The Morgan fingerprint density at radius 2 is 2.00 bits per heavy atom. The predicted molar refractivity (Wildman–Crippen MR) is 36.0 cm³/mol. The molecule has 0 aliphatic heterocycles. The van der Waals surface area contributed by atoms with Gasteiger partial charge in [0.2, 0.25) is 0 Å². The van der Waals surface area contributed by atoms with Crippen molar-refractivity contribution in [2.75, 3.05) is 13.3 Å². The summed E-state index contributed by atoms with van der Waals surface area (Å²) < 4.78 is 28.1. The minimum absolute atomic E-state index is 0.747. The fourth-order valence-corrected chi connectivity index (χ4v) is 0.436. The summed E-state index contributed by atoms with van der Waals surface area (Å²) in [5.41, 5.74) is 0. The quantitative estimate of drug-likeness (QED) is 0.529. The summed E-state index contributed by atoms with van der Waals surface area (Å²) in [6, 6.07) is 0. The Hall–Kier alpha value is -0.180. The van der Waals surface area contributed by atoms with Crippen LogP contribution in [-0.2, 0) is 4.74 Å². The van der Waals surface area contributed by atoms with Gasteiger partial charge in [0.1, 0.15) is 19.5 Å². The third-order valence-electron chi connectivity index (χ3n) is 1.04. The number of rotatable bonds is 6. The van der Waals surface area contributed by atoms with Gasteiger partial charge in [-0.3, -0.25) is 0 Å². The zero-order chi connectivity index (χ0) is 7.82. The van der Waals surface area contributed by atoms with E-state index >= 15 is 0 Å². The first kappa shape index (κ1) is 9.82. The Labute approximate surface area is 60.4 Å². The lowest BCUT2D eigenvalue weighted by Crippen LogP contribution is -2.15. The van der Waals surface area contributed by atoms with Gasteiger partial charge in [0.05, 0.1) is 6.61 Å². The molecule has 0 aliphatic carbocycles. The van der Waals surface area contributed by atoms with E-state index in [9.17, 15) is 8.78 Å². The topological polar surface area (TPSA) is 9.23 Å². The summed E-state index contributed by atoms with van der Waals surface area (Å²) in [6.07, 6.45) is 0.800. The fourth-order valence-electron chi connectivity index (χ4n) is 0.436. The van der Waals surface area contributed by atoms with Crippen LogP contribution in [0.4, 0.5) is 8.78 Å². The van der Waals surface area contributed by atoms with Crippen molar-refractivity contribution in [1.29, 1.82) is 0 Å². The van der Waals surface area contributed by atoms with Crippen LogP contribution >= 0.6 is 0 Å². The molecule has 0 heterocycles. The average molecular weight is 151 g/mol. The molecule has 0 rings (SSSR count). The third kappa shape index (κ3) is 4.68. The first-order chi connectivity index (χ1) is 4.85. The number of halogens is 2. The fraction of sp³-hybridized carbons (Fsp3) is 0.857. The maximum Gasteiger partial charge on any atom is 0.118 e. The number of hydrogen-bond acceptors (Lipinski definition) is 1. The zero-order valence-corrected chi connectivity index (χ0v) is 6.15. The molecule has 0 saturated heterocycles. The second-order valence-electron chi connectivity index (χ2n) is 2.02. The lowest BCUT2D eigenvalue weighted by molar-refractivity contribution is 0.0575. The van der Waals surface area contributed by atoms with Crippen molar-refractivity contribution in [2.45, 2.75) is 25.9 Å². The molecule has 0 N–H and O–H groups in total. The normalized spacial score (nSPS) is 10.8. The van der Waals surface area contributed by atoms with E-state index in [1.807, 2.05) is 6.92 Å². The van der Waals surface area contributed by atoms with Crippen LogP contribution in [0.3, 0.4) is 0 Å². The monoisotopic (exact) mass is 151 g/mol. The Morgan fingerprint density at radius 1 is 1.40 bits per heavy atom. The van der Waals surface area contributed by atoms with Crippen molar-refractivity contribution in [3.8, 4) is 0 Å². The van der Waals surface area contributed by atoms with Crippen molar-refractivity contribution < 1.29 is 13.5 Å². The molecule has 3 heteroatoms. The molecule has 10 heavy (non-hydrogen) atoms. The van der Waals surface area contributed by atoms with Crippen LogP contribution in [0.2, 0.25) is 0 Å². The van der Waals surface area contributed by atoms with E-state index in [-0.39, 0.29) is 0 Å². The Kier molecular flexibility index (Phi) is 6.81. The molecule has 0 aliphatic rings. The van der Waals surface area contributed by atoms with Gasteiger partial charge in [-0.25, -0.2) is 8.78 Å². The molecule has 1 radical (unpaired) electrons. The van der Waals surface area contributed by atoms with E-state index in [0.717, 1.165) is 12.8 Å². The molecular weight excluding hydrogens is 138 g/mol. The Balaban J connectivity index is 3.09. The van der Waals surface area contributed by atoms with E-state index in [0.29, 0.717) is 0 Å². The molecule has 0 spiro atoms. The minimum atomic E-state index is -0.883. The molecule has 0 amide bonds. The number of alkyl halides is 2. The summed E-state index contributed by atoms with van der Waals surface area (Å²) in [5, 5.41) is 0. The third-order valence-corrected chi connectivity index (χ3v) is 1.04. The van der Waals surface area contributed by atoms with Gasteiger partial charge in [-0.15, -0.1) is 0 Å². The Morgan fingerprint density at radius 3 is 2.40 bits per heavy atom. The van der Waals surface area contributed by atoms with Gasteiger partial charge >= 0.3 is 0 Å². The standard InChI is InChI=1S/C7H13F2O/c1-2-3-4-10-7(5-8)6-9/h4,7H,2-3,5-6H2,1H3. The maximum absolute atomic E-state index is 11.7. The molecule has 0 aromatic rings. The first-order valence-electron chi connectivity index (χ1n) is 3.44. The second-order valence-corrected chi connectivity index (χ2v) is 2.02. The van der Waals surface area contributed by atoms with Crippen molar-refractivity contribution in [3.63, 3.8) is 0 Å². The van der Waals surface area contributed by atoms with E-state index in [1.165, 1.54) is 6.61 Å². The zero-order valence-electron chi connectivity index (χ0n) is 6.15. The largest absolute Gasteiger partial charge is 0.367 e. The lowest BCUT2D eigenvalue weighted by atomic mass is 10.3. The smallest absolute Gasteiger partial charge is 0.118 e. The van der Waals surface area contributed by atoms with Gasteiger partial charge in [-0.05, 0) is 6.42 Å². The van der Waals surface area contributed by atoms with E-state index in [1.54, 1.807) is 0 Å². The molecular formula is C7H13F2O. The summed E-state index contributed by atoms with van der Waals surface area (Å²) in [6.45, 7) is 1.93. The molecule has 0 aromatic heterocycles. The van der Waals surface area contributed by atoms with Crippen molar-refractivity contribution in [2.24, 2.45) is 0 Å². The van der Waals surface area contributed by atoms with E-state index in [2.05, 4.69) is 0 Å². The molecule has 0 atom stereocenters. The van der Waals surface area contributed by atoms with Crippen LogP contribution in [-0.4, -0.2) is 19.5 Å². The van der Waals surface area contributed by atoms with Crippen LogP contribution in [0.25, 0.3) is 0 Å². The Bertz CT molecular complexity index is 64.6. The van der Waals surface area contributed by atoms with Gasteiger partial charge in [-0.2, -0.15) is 0 Å². The van der Waals surface area contributed by atoms with Gasteiger partial charge in [0, 0.05) is 0 Å². The molecule has 0 aromatic carbocycles.